The maximum Gasteiger partial charge on any atom is 0.415 e. The molecular formula is C13H17N3O2. The van der Waals surface area contributed by atoms with Gasteiger partial charge in [-0.3, -0.25) is 4.90 Å². The molecule has 0 radical (unpaired) electrons. The van der Waals surface area contributed by atoms with Gasteiger partial charge in [0.05, 0.1) is 6.54 Å². The Morgan fingerprint density at radius 3 is 3.11 bits per heavy atom. The number of carbonyl (C=O) groups is 1. The summed E-state index contributed by atoms with van der Waals surface area (Å²) in [5.74, 6) is 1.16. The van der Waals surface area contributed by atoms with Crippen LogP contribution in [0.2, 0.25) is 0 Å². The number of ether oxygens (including phenoxy) is 1. The Morgan fingerprint density at radius 1 is 1.44 bits per heavy atom. The smallest absolute Gasteiger partial charge is 0.415 e. The number of aromatic nitrogens is 1. The lowest BCUT2D eigenvalue weighted by Crippen LogP contribution is -2.29. The van der Waals surface area contributed by atoms with Crippen molar-refractivity contribution in [3.05, 3.63) is 23.9 Å². The largest absolute Gasteiger partial charge is 0.447 e. The summed E-state index contributed by atoms with van der Waals surface area (Å²) < 4.78 is 4.94. The summed E-state index contributed by atoms with van der Waals surface area (Å²) in [6.45, 7) is 3.11. The highest BCUT2D eigenvalue weighted by atomic mass is 16.6. The molecule has 5 heteroatoms. The number of carbonyl (C=O) groups excluding carboxylic acids is 1. The summed E-state index contributed by atoms with van der Waals surface area (Å²) >= 11 is 0. The Labute approximate surface area is 106 Å². The molecule has 0 spiro atoms. The predicted molar refractivity (Wildman–Crippen MR) is 67.8 cm³/mol. The Morgan fingerprint density at radius 2 is 2.39 bits per heavy atom. The summed E-state index contributed by atoms with van der Waals surface area (Å²) in [5, 5.41) is 3.39. The third-order valence-electron chi connectivity index (χ3n) is 3.51. The molecule has 1 amide bonds. The zero-order chi connectivity index (χ0) is 12.4. The third kappa shape index (κ3) is 2.18. The first-order valence-corrected chi connectivity index (χ1v) is 6.46. The molecule has 2 saturated heterocycles. The normalized spacial score (nSPS) is 24.1. The average molecular weight is 247 g/mol. The van der Waals surface area contributed by atoms with Gasteiger partial charge in [0.2, 0.25) is 0 Å². The Kier molecular flexibility index (Phi) is 3.15. The number of pyridine rings is 1. The van der Waals surface area contributed by atoms with Crippen molar-refractivity contribution in [1.29, 1.82) is 0 Å². The van der Waals surface area contributed by atoms with Crippen molar-refractivity contribution in [2.75, 3.05) is 31.1 Å². The van der Waals surface area contributed by atoms with Crippen LogP contribution in [0.1, 0.15) is 24.5 Å². The van der Waals surface area contributed by atoms with E-state index in [1.54, 1.807) is 4.90 Å². The number of nitrogens with one attached hydrogen (secondary N) is 1. The molecule has 0 aliphatic carbocycles. The van der Waals surface area contributed by atoms with Gasteiger partial charge in [-0.05, 0) is 31.5 Å². The molecule has 96 valence electrons. The highest BCUT2D eigenvalue weighted by molar-refractivity contribution is 5.88. The number of amides is 1. The molecule has 0 bridgehead atoms. The van der Waals surface area contributed by atoms with Crippen LogP contribution in [0, 0.1) is 0 Å². The van der Waals surface area contributed by atoms with Crippen LogP contribution in [-0.4, -0.2) is 37.3 Å². The first-order valence-electron chi connectivity index (χ1n) is 6.46. The Bertz CT molecular complexity index is 444. The monoisotopic (exact) mass is 247 g/mol. The van der Waals surface area contributed by atoms with Gasteiger partial charge in [-0.15, -0.1) is 0 Å². The molecule has 2 aliphatic heterocycles. The lowest BCUT2D eigenvalue weighted by molar-refractivity contribution is 0.181. The van der Waals surface area contributed by atoms with E-state index in [9.17, 15) is 4.79 Å². The van der Waals surface area contributed by atoms with Gasteiger partial charge in [0.15, 0.2) is 0 Å². The van der Waals surface area contributed by atoms with E-state index in [-0.39, 0.29) is 6.09 Å². The van der Waals surface area contributed by atoms with Crippen LogP contribution in [0.4, 0.5) is 10.6 Å². The molecule has 0 aromatic carbocycles. The van der Waals surface area contributed by atoms with Gasteiger partial charge in [-0.2, -0.15) is 0 Å². The minimum absolute atomic E-state index is 0.290. The second-order valence-corrected chi connectivity index (χ2v) is 4.73. The number of hydrogen-bond donors (Lipinski definition) is 1. The zero-order valence-electron chi connectivity index (χ0n) is 10.3. The second-order valence-electron chi connectivity index (χ2n) is 4.73. The van der Waals surface area contributed by atoms with E-state index < -0.39 is 0 Å². The minimum atomic E-state index is -0.290. The lowest BCUT2D eigenvalue weighted by atomic mass is 9.96. The minimum Gasteiger partial charge on any atom is -0.447 e. The van der Waals surface area contributed by atoms with E-state index in [4.69, 9.17) is 4.74 Å². The first kappa shape index (κ1) is 11.5. The zero-order valence-corrected chi connectivity index (χ0v) is 10.3. The van der Waals surface area contributed by atoms with Crippen LogP contribution in [0.3, 0.4) is 0 Å². The van der Waals surface area contributed by atoms with Crippen LogP contribution in [0.15, 0.2) is 18.2 Å². The van der Waals surface area contributed by atoms with Crippen molar-refractivity contribution >= 4 is 11.9 Å². The second kappa shape index (κ2) is 4.94. The quantitative estimate of drug-likeness (QED) is 0.860. The van der Waals surface area contributed by atoms with Crippen LogP contribution in [-0.2, 0) is 4.74 Å². The molecule has 1 unspecified atom stereocenters. The van der Waals surface area contributed by atoms with Crippen molar-refractivity contribution in [2.24, 2.45) is 0 Å². The van der Waals surface area contributed by atoms with Gasteiger partial charge in [0, 0.05) is 18.2 Å². The number of hydrogen-bond acceptors (Lipinski definition) is 4. The molecule has 5 nitrogen and oxygen atoms in total. The van der Waals surface area contributed by atoms with Crippen LogP contribution in [0.5, 0.6) is 0 Å². The summed E-state index contributed by atoms with van der Waals surface area (Å²) in [6, 6.07) is 5.88. The molecule has 1 atom stereocenters. The van der Waals surface area contributed by atoms with E-state index >= 15 is 0 Å². The third-order valence-corrected chi connectivity index (χ3v) is 3.51. The van der Waals surface area contributed by atoms with Gasteiger partial charge in [0.25, 0.3) is 0 Å². The molecule has 0 saturated carbocycles. The number of rotatable bonds is 2. The molecule has 2 fully saturated rings. The van der Waals surface area contributed by atoms with Crippen LogP contribution in [0.25, 0.3) is 0 Å². The van der Waals surface area contributed by atoms with Crippen LogP contribution >= 0.6 is 0 Å². The lowest BCUT2D eigenvalue weighted by Gasteiger charge is -2.23. The number of cyclic esters (lactones) is 1. The summed E-state index contributed by atoms with van der Waals surface area (Å²) in [6.07, 6.45) is 2.05. The van der Waals surface area contributed by atoms with Gasteiger partial charge in [-0.25, -0.2) is 9.78 Å². The van der Waals surface area contributed by atoms with E-state index in [0.717, 1.165) is 25.2 Å². The van der Waals surface area contributed by atoms with Gasteiger partial charge >= 0.3 is 6.09 Å². The van der Waals surface area contributed by atoms with Gasteiger partial charge in [-0.1, -0.05) is 6.07 Å². The standard InChI is InChI=1S/C13H17N3O2/c17-13-16(7-8-18-13)12-5-1-4-11(15-12)10-3-2-6-14-9-10/h1,4-5,10,14H,2-3,6-9H2. The molecule has 3 heterocycles. The Balaban J connectivity index is 1.82. The predicted octanol–water partition coefficient (Wildman–Crippen LogP) is 1.51. The fourth-order valence-corrected chi connectivity index (χ4v) is 2.52. The maximum absolute atomic E-state index is 11.5. The van der Waals surface area contributed by atoms with Gasteiger partial charge in [0.1, 0.15) is 12.4 Å². The fraction of sp³-hybridized carbons (Fsp3) is 0.538. The molecule has 3 rings (SSSR count). The van der Waals surface area contributed by atoms with Gasteiger partial charge < -0.3 is 10.1 Å². The Hall–Kier alpha value is -1.62. The van der Waals surface area contributed by atoms with E-state index in [1.807, 2.05) is 18.2 Å². The molecular weight excluding hydrogens is 230 g/mol. The number of nitrogens with zero attached hydrogens (tertiary/aromatic N) is 2. The van der Waals surface area contributed by atoms with Crippen molar-refractivity contribution in [1.82, 2.24) is 10.3 Å². The first-order chi connectivity index (χ1) is 8.84. The van der Waals surface area contributed by atoms with E-state index in [0.29, 0.717) is 24.9 Å². The fourth-order valence-electron chi connectivity index (χ4n) is 2.52. The highest BCUT2D eigenvalue weighted by Gasteiger charge is 2.25. The molecule has 2 aliphatic rings. The molecule has 1 aromatic heterocycles. The van der Waals surface area contributed by atoms with E-state index in [1.165, 1.54) is 6.42 Å². The molecule has 1 N–H and O–H groups in total. The topological polar surface area (TPSA) is 54.5 Å². The molecule has 1 aromatic rings. The SMILES string of the molecule is O=C1OCCN1c1cccc(C2CCCNC2)n1. The van der Waals surface area contributed by atoms with Crippen molar-refractivity contribution in [3.63, 3.8) is 0 Å². The van der Waals surface area contributed by atoms with E-state index in [2.05, 4.69) is 10.3 Å². The highest BCUT2D eigenvalue weighted by Crippen LogP contribution is 2.24. The summed E-state index contributed by atoms with van der Waals surface area (Å²) in [5.41, 5.74) is 1.07. The van der Waals surface area contributed by atoms with Crippen LogP contribution < -0.4 is 10.2 Å². The van der Waals surface area contributed by atoms with Crippen molar-refractivity contribution in [2.45, 2.75) is 18.8 Å². The maximum atomic E-state index is 11.5. The van der Waals surface area contributed by atoms with Crippen molar-refractivity contribution < 1.29 is 9.53 Å². The molecule has 18 heavy (non-hydrogen) atoms. The van der Waals surface area contributed by atoms with Crippen molar-refractivity contribution in [3.8, 4) is 0 Å². The number of anilines is 1. The summed E-state index contributed by atoms with van der Waals surface area (Å²) in [7, 11) is 0. The number of piperidine rings is 1. The summed E-state index contributed by atoms with van der Waals surface area (Å²) in [4.78, 5) is 17.7. The average Bonchev–Trinajstić information content (AvgIpc) is 2.86.